The van der Waals surface area contributed by atoms with Gasteiger partial charge in [0, 0.05) is 25.7 Å². The molecule has 0 aromatic heterocycles. The number of carboxylic acids is 4. The second-order valence-corrected chi connectivity index (χ2v) is 36.6. The highest BCUT2D eigenvalue weighted by Crippen LogP contribution is 2.67. The van der Waals surface area contributed by atoms with E-state index in [-0.39, 0.29) is 6.10 Å². The van der Waals surface area contributed by atoms with Gasteiger partial charge < -0.3 is 25.5 Å². The molecule has 8 atom stereocenters. The molecule has 108 heavy (non-hydrogen) atoms. The van der Waals surface area contributed by atoms with Gasteiger partial charge in [0.05, 0.1) is 6.10 Å². The molecule has 4 aliphatic rings. The number of aliphatic carboxylic acids is 4. The quantitative estimate of drug-likeness (QED) is 0.0294. The summed E-state index contributed by atoms with van der Waals surface area (Å²) in [5.74, 6) is 2.85. The van der Waals surface area contributed by atoms with E-state index in [2.05, 4.69) is 68.4 Å². The number of aliphatic hydroxyl groups excluding tert-OH is 1. The Morgan fingerprint density at radius 2 is 0.593 bits per heavy atom. The maximum absolute atomic E-state index is 10.3. The standard InChI is InChI=1S/C27H46O.4C18H36O2/c1-18(2)7-6-8-19(3)23-11-12-24-22-10-9-20-17-21(28)13-15-26(20,4)25(22)14-16-27(23,24)5;4*1-2-3-4-5-6-7-8-9-10-11-12-13-14-15-16-17-18(19)20/h9,18-19,21-25,28H,6-8,10-17H2,1-5H3;4*2-17H2,1H3,(H,19,20)/t19-,21+,22+,23-,24+,25+,26+,27-;;;;/m1..../s1. The Hall–Kier alpha value is -2.42. The average molecular weight is 1520 g/mol. The number of unbranched alkanes of at least 4 members (excludes halogenated alkanes) is 56. The van der Waals surface area contributed by atoms with Crippen LogP contribution in [0.25, 0.3) is 0 Å². The van der Waals surface area contributed by atoms with Gasteiger partial charge in [0.2, 0.25) is 0 Å². The van der Waals surface area contributed by atoms with Crippen LogP contribution in [0.5, 0.6) is 0 Å². The van der Waals surface area contributed by atoms with Crippen molar-refractivity contribution in [2.24, 2.45) is 46.3 Å². The van der Waals surface area contributed by atoms with Crippen LogP contribution in [0.2, 0.25) is 0 Å². The van der Waals surface area contributed by atoms with E-state index in [1.165, 1.54) is 392 Å². The minimum Gasteiger partial charge on any atom is -0.481 e. The van der Waals surface area contributed by atoms with Crippen LogP contribution in [0.3, 0.4) is 0 Å². The fraction of sp³-hybridized carbons (Fsp3) is 0.939. The van der Waals surface area contributed by atoms with Crippen molar-refractivity contribution in [3.05, 3.63) is 11.6 Å². The van der Waals surface area contributed by atoms with Crippen LogP contribution < -0.4 is 0 Å². The maximum atomic E-state index is 10.3. The number of carboxylic acid groups (broad SMARTS) is 4. The van der Waals surface area contributed by atoms with Gasteiger partial charge >= 0.3 is 23.9 Å². The zero-order valence-corrected chi connectivity index (χ0v) is 74.0. The van der Waals surface area contributed by atoms with Crippen molar-refractivity contribution >= 4 is 23.9 Å². The SMILES string of the molecule is CC(C)CCC[C@@H](C)[C@H]1CC[C@H]2[C@@H]3CC=C4C[C@@H](O)CC[C@]4(C)[C@H]3CC[C@]12C.CCCCCCCCCCCCCCCCCC(=O)O.CCCCCCCCCCCCCCCCCC(=O)O.CCCCCCCCCCCCCCCCCC(=O)O.CCCCCCCCCCCCCCCCCC(=O)O. The largest absolute Gasteiger partial charge is 0.481 e. The van der Waals surface area contributed by atoms with Crippen LogP contribution in [0.1, 0.15) is 544 Å². The Morgan fingerprint density at radius 3 is 0.843 bits per heavy atom. The van der Waals surface area contributed by atoms with E-state index in [0.717, 1.165) is 99.7 Å². The van der Waals surface area contributed by atoms with Crippen LogP contribution in [-0.4, -0.2) is 55.5 Å². The first-order chi connectivity index (χ1) is 52.3. The van der Waals surface area contributed by atoms with Gasteiger partial charge in [-0.05, 0) is 123 Å². The second-order valence-electron chi connectivity index (χ2n) is 36.6. The van der Waals surface area contributed by atoms with Gasteiger partial charge in [-0.1, -0.05) is 453 Å². The molecule has 0 bridgehead atoms. The zero-order valence-electron chi connectivity index (χ0n) is 74.0. The number of aliphatic hydroxyl groups is 1. The number of rotatable bonds is 69. The highest BCUT2D eigenvalue weighted by molar-refractivity contribution is 5.67. The molecule has 0 spiro atoms. The van der Waals surface area contributed by atoms with Crippen LogP contribution in [-0.2, 0) is 19.2 Å². The first-order valence-corrected chi connectivity index (χ1v) is 48.6. The minimum atomic E-state index is -0.653. The lowest BCUT2D eigenvalue weighted by Crippen LogP contribution is -2.50. The van der Waals surface area contributed by atoms with Gasteiger partial charge in [-0.3, -0.25) is 19.2 Å². The zero-order chi connectivity index (χ0) is 79.7. The molecule has 0 saturated heterocycles. The summed E-state index contributed by atoms with van der Waals surface area (Å²) in [6.07, 6.45) is 98.0. The van der Waals surface area contributed by atoms with E-state index in [1.807, 2.05) is 0 Å². The molecule has 9 heteroatoms. The molecule has 4 aliphatic carbocycles. The number of carbonyl (C=O) groups is 4. The van der Waals surface area contributed by atoms with Crippen molar-refractivity contribution in [3.8, 4) is 0 Å². The molecule has 0 unspecified atom stereocenters. The summed E-state index contributed by atoms with van der Waals surface area (Å²) in [4.78, 5) is 41.3. The summed E-state index contributed by atoms with van der Waals surface area (Å²) in [5.41, 5.74) is 2.60. The molecule has 5 N–H and O–H groups in total. The lowest BCUT2D eigenvalue weighted by molar-refractivity contribution is -0.138. The van der Waals surface area contributed by atoms with E-state index in [4.69, 9.17) is 20.4 Å². The number of allylic oxidation sites excluding steroid dienone is 1. The Kier molecular flexibility index (Phi) is 74.2. The molecule has 3 saturated carbocycles. The normalized spacial score (nSPS) is 20.1. The molecule has 0 radical (unpaired) electrons. The van der Waals surface area contributed by atoms with Gasteiger partial charge in [-0.15, -0.1) is 0 Å². The first-order valence-electron chi connectivity index (χ1n) is 48.6. The molecule has 0 aromatic rings. The van der Waals surface area contributed by atoms with Gasteiger partial charge in [0.25, 0.3) is 0 Å². The predicted octanol–water partition coefficient (Wildman–Crippen LogP) is 32.7. The highest BCUT2D eigenvalue weighted by atomic mass is 16.4. The summed E-state index contributed by atoms with van der Waals surface area (Å²) in [6.45, 7) is 21.6. The fourth-order valence-electron chi connectivity index (χ4n) is 19.3. The van der Waals surface area contributed by atoms with Crippen molar-refractivity contribution in [3.63, 3.8) is 0 Å². The highest BCUT2D eigenvalue weighted by Gasteiger charge is 2.59. The molecule has 0 aromatic carbocycles. The van der Waals surface area contributed by atoms with E-state index in [0.29, 0.717) is 36.5 Å². The van der Waals surface area contributed by atoms with Crippen LogP contribution in [0.15, 0.2) is 11.6 Å². The molecule has 0 heterocycles. The van der Waals surface area contributed by atoms with E-state index < -0.39 is 23.9 Å². The van der Waals surface area contributed by atoms with Crippen LogP contribution in [0, 0.1) is 46.3 Å². The van der Waals surface area contributed by atoms with Crippen molar-refractivity contribution < 1.29 is 44.7 Å². The number of hydrogen-bond donors (Lipinski definition) is 5. The smallest absolute Gasteiger partial charge is 0.303 e. The third-order valence-corrected chi connectivity index (χ3v) is 26.3. The van der Waals surface area contributed by atoms with E-state index >= 15 is 0 Å². The van der Waals surface area contributed by atoms with Crippen molar-refractivity contribution in [1.29, 1.82) is 0 Å². The molecular formula is C99H190O9. The van der Waals surface area contributed by atoms with E-state index in [1.54, 1.807) is 5.57 Å². The van der Waals surface area contributed by atoms with Gasteiger partial charge in [0.15, 0.2) is 0 Å². The molecule has 4 rings (SSSR count). The Balaban J connectivity index is 0.00000134. The summed E-state index contributed by atoms with van der Waals surface area (Å²) < 4.78 is 0. The molecule has 0 amide bonds. The first kappa shape index (κ1) is 106. The monoisotopic (exact) mass is 1520 g/mol. The van der Waals surface area contributed by atoms with Crippen molar-refractivity contribution in [1.82, 2.24) is 0 Å². The number of fused-ring (bicyclic) bond motifs is 5. The summed E-state index contributed by atoms with van der Waals surface area (Å²) in [6, 6.07) is 0. The van der Waals surface area contributed by atoms with Crippen LogP contribution >= 0.6 is 0 Å². The summed E-state index contributed by atoms with van der Waals surface area (Å²) in [5, 5.41) is 44.3. The summed E-state index contributed by atoms with van der Waals surface area (Å²) in [7, 11) is 0. The second kappa shape index (κ2) is 75.9. The summed E-state index contributed by atoms with van der Waals surface area (Å²) >= 11 is 0. The topological polar surface area (TPSA) is 169 Å². The Bertz CT molecular complexity index is 1840. The fourth-order valence-corrected chi connectivity index (χ4v) is 19.3. The van der Waals surface area contributed by atoms with Crippen molar-refractivity contribution in [2.45, 2.75) is 550 Å². The lowest BCUT2D eigenvalue weighted by Gasteiger charge is -2.58. The molecule has 3 fully saturated rings. The van der Waals surface area contributed by atoms with Gasteiger partial charge in [0.1, 0.15) is 0 Å². The predicted molar refractivity (Wildman–Crippen MR) is 468 cm³/mol. The van der Waals surface area contributed by atoms with Crippen LogP contribution in [0.4, 0.5) is 0 Å². The minimum absolute atomic E-state index is 0.0766. The number of hydrogen-bond acceptors (Lipinski definition) is 5. The molecule has 9 nitrogen and oxygen atoms in total. The molecule has 640 valence electrons. The van der Waals surface area contributed by atoms with Gasteiger partial charge in [-0.25, -0.2) is 0 Å². The Morgan fingerprint density at radius 1 is 0.333 bits per heavy atom. The molecular weight excluding hydrogens is 1330 g/mol. The lowest BCUT2D eigenvalue weighted by atomic mass is 9.47. The Labute approximate surface area is 672 Å². The van der Waals surface area contributed by atoms with Gasteiger partial charge in [-0.2, -0.15) is 0 Å². The van der Waals surface area contributed by atoms with Crippen molar-refractivity contribution in [2.75, 3.05) is 0 Å². The van der Waals surface area contributed by atoms with E-state index in [9.17, 15) is 24.3 Å². The average Bonchev–Trinajstić information content (AvgIpc) is 1.34. The third-order valence-electron chi connectivity index (χ3n) is 26.3. The molecule has 0 aliphatic heterocycles. The third kappa shape index (κ3) is 61.1. The maximum Gasteiger partial charge on any atom is 0.303 e.